The Balaban J connectivity index is 1.56. The summed E-state index contributed by atoms with van der Waals surface area (Å²) >= 11 is 3.54. The Bertz CT molecular complexity index is 377. The molecule has 1 N–H and O–H groups in total. The van der Waals surface area contributed by atoms with E-state index >= 15 is 0 Å². The van der Waals surface area contributed by atoms with Crippen molar-refractivity contribution in [2.75, 3.05) is 20.3 Å². The minimum atomic E-state index is 0.728. The molecule has 19 heavy (non-hydrogen) atoms. The number of nitrogens with one attached hydrogen (secondary N) is 1. The standard InChI is InChI=1S/C16H24BrNO/c1-19-9-4-2-3-8-18-16-11-14(12-16)13-6-5-7-15(17)10-13/h5-7,10,14,16,18H,2-4,8-9,11-12H2,1H3. The van der Waals surface area contributed by atoms with Gasteiger partial charge in [-0.1, -0.05) is 28.1 Å². The van der Waals surface area contributed by atoms with Crippen molar-refractivity contribution in [1.29, 1.82) is 0 Å². The van der Waals surface area contributed by atoms with Crippen molar-refractivity contribution in [3.63, 3.8) is 0 Å². The fourth-order valence-electron chi connectivity index (χ4n) is 2.67. The van der Waals surface area contributed by atoms with Crippen LogP contribution in [0.15, 0.2) is 28.7 Å². The highest BCUT2D eigenvalue weighted by Gasteiger charge is 2.29. The molecule has 1 aliphatic carbocycles. The lowest BCUT2D eigenvalue weighted by Gasteiger charge is -2.36. The van der Waals surface area contributed by atoms with Gasteiger partial charge in [-0.05, 0) is 62.3 Å². The highest BCUT2D eigenvalue weighted by molar-refractivity contribution is 9.10. The number of rotatable bonds is 8. The molecule has 1 saturated carbocycles. The van der Waals surface area contributed by atoms with Gasteiger partial charge in [0.2, 0.25) is 0 Å². The van der Waals surface area contributed by atoms with Gasteiger partial charge in [0.1, 0.15) is 0 Å². The van der Waals surface area contributed by atoms with Crippen LogP contribution in [0.1, 0.15) is 43.6 Å². The van der Waals surface area contributed by atoms with Gasteiger partial charge in [0.15, 0.2) is 0 Å². The molecule has 0 aromatic heterocycles. The van der Waals surface area contributed by atoms with Crippen LogP contribution >= 0.6 is 15.9 Å². The first-order valence-electron chi connectivity index (χ1n) is 7.27. The van der Waals surface area contributed by atoms with Gasteiger partial charge in [-0.2, -0.15) is 0 Å². The molecule has 1 aromatic rings. The molecule has 0 saturated heterocycles. The molecule has 0 atom stereocenters. The molecular weight excluding hydrogens is 302 g/mol. The minimum absolute atomic E-state index is 0.728. The van der Waals surface area contributed by atoms with Crippen LogP contribution in [0.3, 0.4) is 0 Å². The van der Waals surface area contributed by atoms with Crippen molar-refractivity contribution in [1.82, 2.24) is 5.32 Å². The zero-order valence-electron chi connectivity index (χ0n) is 11.7. The van der Waals surface area contributed by atoms with E-state index in [-0.39, 0.29) is 0 Å². The summed E-state index contributed by atoms with van der Waals surface area (Å²) in [7, 11) is 1.77. The van der Waals surface area contributed by atoms with E-state index in [2.05, 4.69) is 45.5 Å². The maximum absolute atomic E-state index is 5.05. The molecule has 0 heterocycles. The normalized spacial score (nSPS) is 22.2. The van der Waals surface area contributed by atoms with Crippen LogP contribution in [-0.4, -0.2) is 26.3 Å². The summed E-state index contributed by atoms with van der Waals surface area (Å²) in [5.74, 6) is 0.753. The number of ether oxygens (including phenoxy) is 1. The first kappa shape index (κ1) is 15.0. The SMILES string of the molecule is COCCCCCNC1CC(c2cccc(Br)c2)C1. The first-order chi connectivity index (χ1) is 9.29. The third kappa shape index (κ3) is 4.90. The second kappa shape index (κ2) is 8.03. The predicted molar refractivity (Wildman–Crippen MR) is 83.6 cm³/mol. The van der Waals surface area contributed by atoms with Gasteiger partial charge in [-0.15, -0.1) is 0 Å². The van der Waals surface area contributed by atoms with Crippen LogP contribution in [0.5, 0.6) is 0 Å². The van der Waals surface area contributed by atoms with Crippen molar-refractivity contribution in [3.05, 3.63) is 34.3 Å². The second-order valence-electron chi connectivity index (χ2n) is 5.43. The molecule has 2 nitrogen and oxygen atoms in total. The topological polar surface area (TPSA) is 21.3 Å². The van der Waals surface area contributed by atoms with Gasteiger partial charge in [-0.25, -0.2) is 0 Å². The van der Waals surface area contributed by atoms with Crippen molar-refractivity contribution in [3.8, 4) is 0 Å². The minimum Gasteiger partial charge on any atom is -0.385 e. The Morgan fingerprint density at radius 2 is 2.11 bits per heavy atom. The molecule has 1 aromatic carbocycles. The van der Waals surface area contributed by atoms with Crippen LogP contribution in [-0.2, 0) is 4.74 Å². The Hall–Kier alpha value is -0.380. The summed E-state index contributed by atoms with van der Waals surface area (Å²) in [6, 6.07) is 9.46. The van der Waals surface area contributed by atoms with Crippen LogP contribution in [0.2, 0.25) is 0 Å². The maximum Gasteiger partial charge on any atom is 0.0462 e. The summed E-state index contributed by atoms with van der Waals surface area (Å²) in [6.45, 7) is 2.05. The number of hydrogen-bond donors (Lipinski definition) is 1. The molecule has 106 valence electrons. The zero-order valence-corrected chi connectivity index (χ0v) is 13.3. The van der Waals surface area contributed by atoms with Crippen molar-refractivity contribution >= 4 is 15.9 Å². The monoisotopic (exact) mass is 325 g/mol. The lowest BCUT2D eigenvalue weighted by molar-refractivity contribution is 0.191. The molecule has 0 amide bonds. The van der Waals surface area contributed by atoms with Gasteiger partial charge in [0.25, 0.3) is 0 Å². The summed E-state index contributed by atoms with van der Waals surface area (Å²) in [5, 5.41) is 3.66. The van der Waals surface area contributed by atoms with E-state index in [1.807, 2.05) is 0 Å². The molecule has 1 fully saturated rings. The van der Waals surface area contributed by atoms with Crippen LogP contribution < -0.4 is 5.32 Å². The number of methoxy groups -OCH3 is 1. The van der Waals surface area contributed by atoms with Gasteiger partial charge >= 0.3 is 0 Å². The molecule has 2 rings (SSSR count). The molecule has 3 heteroatoms. The molecule has 0 radical (unpaired) electrons. The average Bonchev–Trinajstić information content (AvgIpc) is 2.35. The second-order valence-corrected chi connectivity index (χ2v) is 6.34. The van der Waals surface area contributed by atoms with Crippen molar-refractivity contribution in [2.45, 2.75) is 44.1 Å². The predicted octanol–water partition coefficient (Wildman–Crippen LogP) is 4.10. The van der Waals surface area contributed by atoms with E-state index in [0.717, 1.165) is 25.1 Å². The summed E-state index contributed by atoms with van der Waals surface area (Å²) in [6.07, 6.45) is 6.29. The molecule has 0 bridgehead atoms. The quantitative estimate of drug-likeness (QED) is 0.726. The number of benzene rings is 1. The Morgan fingerprint density at radius 1 is 1.26 bits per heavy atom. The highest BCUT2D eigenvalue weighted by Crippen LogP contribution is 2.37. The number of unbranched alkanes of at least 4 members (excludes halogenated alkanes) is 2. The van der Waals surface area contributed by atoms with Gasteiger partial charge in [0, 0.05) is 24.2 Å². The first-order valence-corrected chi connectivity index (χ1v) is 8.06. The van der Waals surface area contributed by atoms with Crippen LogP contribution in [0, 0.1) is 0 Å². The third-order valence-electron chi connectivity index (χ3n) is 3.92. The van der Waals surface area contributed by atoms with E-state index in [1.54, 1.807) is 7.11 Å². The smallest absolute Gasteiger partial charge is 0.0462 e. The molecule has 0 spiro atoms. The van der Waals surface area contributed by atoms with E-state index in [0.29, 0.717) is 0 Å². The van der Waals surface area contributed by atoms with Crippen molar-refractivity contribution < 1.29 is 4.74 Å². The summed E-state index contributed by atoms with van der Waals surface area (Å²) in [5.41, 5.74) is 1.48. The van der Waals surface area contributed by atoms with Crippen molar-refractivity contribution in [2.24, 2.45) is 0 Å². The highest BCUT2D eigenvalue weighted by atomic mass is 79.9. The molecule has 1 aliphatic rings. The fraction of sp³-hybridized carbons (Fsp3) is 0.625. The Morgan fingerprint density at radius 3 is 2.84 bits per heavy atom. The van der Waals surface area contributed by atoms with Crippen LogP contribution in [0.4, 0.5) is 0 Å². The maximum atomic E-state index is 5.05. The van der Waals surface area contributed by atoms with Gasteiger partial charge < -0.3 is 10.1 Å². The van der Waals surface area contributed by atoms with E-state index in [1.165, 1.54) is 42.1 Å². The molecule has 0 aliphatic heterocycles. The number of halogens is 1. The van der Waals surface area contributed by atoms with Crippen LogP contribution in [0.25, 0.3) is 0 Å². The average molecular weight is 326 g/mol. The fourth-order valence-corrected chi connectivity index (χ4v) is 3.09. The lowest BCUT2D eigenvalue weighted by Crippen LogP contribution is -2.40. The van der Waals surface area contributed by atoms with Gasteiger partial charge in [-0.3, -0.25) is 0 Å². The zero-order chi connectivity index (χ0) is 13.5. The third-order valence-corrected chi connectivity index (χ3v) is 4.41. The molecule has 0 unspecified atom stereocenters. The largest absolute Gasteiger partial charge is 0.385 e. The summed E-state index contributed by atoms with van der Waals surface area (Å²) < 4.78 is 6.24. The lowest BCUT2D eigenvalue weighted by atomic mass is 9.76. The van der Waals surface area contributed by atoms with Gasteiger partial charge in [0.05, 0.1) is 0 Å². The van der Waals surface area contributed by atoms with E-state index in [9.17, 15) is 0 Å². The number of hydrogen-bond acceptors (Lipinski definition) is 2. The summed E-state index contributed by atoms with van der Waals surface area (Å²) in [4.78, 5) is 0. The Kier molecular flexibility index (Phi) is 6.35. The van der Waals surface area contributed by atoms with E-state index < -0.39 is 0 Å². The Labute approximate surface area is 125 Å². The molecular formula is C16H24BrNO. The van der Waals surface area contributed by atoms with E-state index in [4.69, 9.17) is 4.74 Å².